The van der Waals surface area contributed by atoms with Gasteiger partial charge in [0.25, 0.3) is 0 Å². The number of likely N-dealkylation sites (N-methyl/N-ethyl adjacent to an activating group) is 1. The molecular weight excluding hydrogens is 289 g/mol. The molecule has 2 aromatic rings. The molecule has 4 nitrogen and oxygen atoms in total. The molecule has 1 unspecified atom stereocenters. The molecule has 21 heavy (non-hydrogen) atoms. The zero-order valence-corrected chi connectivity index (χ0v) is 13.0. The van der Waals surface area contributed by atoms with Gasteiger partial charge in [-0.15, -0.1) is 11.3 Å². The molecule has 1 aromatic heterocycles. The van der Waals surface area contributed by atoms with Gasteiger partial charge < -0.3 is 15.3 Å². The van der Waals surface area contributed by atoms with Crippen molar-refractivity contribution in [3.63, 3.8) is 0 Å². The van der Waals surface area contributed by atoms with E-state index >= 15 is 0 Å². The van der Waals surface area contributed by atoms with E-state index in [-0.39, 0.29) is 5.82 Å². The van der Waals surface area contributed by atoms with E-state index in [9.17, 15) is 9.50 Å². The average molecular weight is 309 g/mol. The van der Waals surface area contributed by atoms with Crippen LogP contribution in [0.4, 0.5) is 4.39 Å². The topological polar surface area (TPSA) is 48.4 Å². The van der Waals surface area contributed by atoms with E-state index in [1.165, 1.54) is 23.5 Å². The van der Waals surface area contributed by atoms with Crippen LogP contribution >= 0.6 is 11.3 Å². The molecule has 0 aliphatic heterocycles. The molecule has 2 N–H and O–H groups in total. The second-order valence-electron chi connectivity index (χ2n) is 5.20. The van der Waals surface area contributed by atoms with Crippen molar-refractivity contribution in [1.29, 1.82) is 0 Å². The second-order valence-corrected chi connectivity index (χ2v) is 6.06. The van der Waals surface area contributed by atoms with Crippen LogP contribution in [0.3, 0.4) is 0 Å². The monoisotopic (exact) mass is 309 g/mol. The quantitative estimate of drug-likeness (QED) is 0.821. The molecule has 0 aliphatic rings. The van der Waals surface area contributed by atoms with Crippen molar-refractivity contribution in [2.45, 2.75) is 12.6 Å². The number of hydrogen-bond acceptors (Lipinski definition) is 5. The lowest BCUT2D eigenvalue weighted by molar-refractivity contribution is 0.134. The Morgan fingerprint density at radius 1 is 1.33 bits per heavy atom. The molecule has 0 aliphatic carbocycles. The maximum Gasteiger partial charge on any atom is 0.123 e. The third kappa shape index (κ3) is 5.17. The van der Waals surface area contributed by atoms with Crippen molar-refractivity contribution < 1.29 is 9.50 Å². The zero-order chi connectivity index (χ0) is 15.2. The fraction of sp³-hybridized carbons (Fsp3) is 0.400. The number of aromatic nitrogens is 1. The van der Waals surface area contributed by atoms with Crippen LogP contribution in [-0.4, -0.2) is 48.3 Å². The van der Waals surface area contributed by atoms with Crippen LogP contribution in [0.15, 0.2) is 29.6 Å². The number of nitrogens with zero attached hydrogens (tertiary/aromatic N) is 2. The van der Waals surface area contributed by atoms with Crippen LogP contribution in [0, 0.1) is 5.82 Å². The predicted octanol–water partition coefficient (Wildman–Crippen LogP) is 1.96. The summed E-state index contributed by atoms with van der Waals surface area (Å²) in [6, 6.07) is 6.33. The van der Waals surface area contributed by atoms with Crippen LogP contribution in [0.2, 0.25) is 0 Å². The summed E-state index contributed by atoms with van der Waals surface area (Å²) in [5, 5.41) is 15.8. The third-order valence-electron chi connectivity index (χ3n) is 2.90. The minimum Gasteiger partial charge on any atom is -0.390 e. The number of halogens is 1. The molecule has 114 valence electrons. The number of aliphatic hydroxyl groups is 1. The van der Waals surface area contributed by atoms with E-state index in [1.807, 2.05) is 24.4 Å². The number of thiazole rings is 1. The Labute approximate surface area is 128 Å². The lowest BCUT2D eigenvalue weighted by Crippen LogP contribution is -2.34. The van der Waals surface area contributed by atoms with Crippen molar-refractivity contribution in [2.24, 2.45) is 0 Å². The molecule has 2 rings (SSSR count). The number of nitrogens with one attached hydrogen (secondary N) is 1. The normalized spacial score (nSPS) is 12.8. The van der Waals surface area contributed by atoms with Gasteiger partial charge in [-0.25, -0.2) is 9.37 Å². The van der Waals surface area contributed by atoms with Gasteiger partial charge in [-0.1, -0.05) is 0 Å². The maximum absolute atomic E-state index is 12.9. The summed E-state index contributed by atoms with van der Waals surface area (Å²) in [4.78, 5) is 6.46. The van der Waals surface area contributed by atoms with Gasteiger partial charge in [0.05, 0.1) is 11.8 Å². The highest BCUT2D eigenvalue weighted by Gasteiger charge is 2.07. The summed E-state index contributed by atoms with van der Waals surface area (Å²) >= 11 is 1.53. The highest BCUT2D eigenvalue weighted by molar-refractivity contribution is 7.13. The Bertz CT molecular complexity index is 556. The standard InChI is InChI=1S/C15H20FN3OS/c1-19(2)9-14(20)8-17-7-13-10-21-15(18-13)11-3-5-12(16)6-4-11/h3-6,10,14,17,20H,7-9H2,1-2H3. The van der Waals surface area contributed by atoms with E-state index in [2.05, 4.69) is 10.3 Å². The molecule has 0 saturated carbocycles. The Morgan fingerprint density at radius 3 is 2.71 bits per heavy atom. The first-order chi connectivity index (χ1) is 10.0. The number of hydrogen-bond donors (Lipinski definition) is 2. The smallest absolute Gasteiger partial charge is 0.123 e. The zero-order valence-electron chi connectivity index (χ0n) is 12.2. The number of aliphatic hydroxyl groups excluding tert-OH is 1. The number of benzene rings is 1. The fourth-order valence-electron chi connectivity index (χ4n) is 1.97. The Morgan fingerprint density at radius 2 is 2.05 bits per heavy atom. The summed E-state index contributed by atoms with van der Waals surface area (Å²) in [7, 11) is 3.86. The first-order valence-corrected chi connectivity index (χ1v) is 7.66. The summed E-state index contributed by atoms with van der Waals surface area (Å²) in [6.07, 6.45) is -0.393. The maximum atomic E-state index is 12.9. The van der Waals surface area contributed by atoms with Crippen molar-refractivity contribution >= 4 is 11.3 Å². The molecule has 0 radical (unpaired) electrons. The molecule has 0 spiro atoms. The van der Waals surface area contributed by atoms with Crippen LogP contribution in [0.1, 0.15) is 5.69 Å². The predicted molar refractivity (Wildman–Crippen MR) is 83.8 cm³/mol. The summed E-state index contributed by atoms with van der Waals surface area (Å²) in [6.45, 7) is 1.77. The second kappa shape index (κ2) is 7.61. The molecule has 0 fully saturated rings. The SMILES string of the molecule is CN(C)CC(O)CNCc1csc(-c2ccc(F)cc2)n1. The Balaban J connectivity index is 1.84. The highest BCUT2D eigenvalue weighted by Crippen LogP contribution is 2.23. The summed E-state index contributed by atoms with van der Waals surface area (Å²) < 4.78 is 12.9. The van der Waals surface area contributed by atoms with Crippen molar-refractivity contribution in [1.82, 2.24) is 15.2 Å². The first kappa shape index (κ1) is 16.0. The molecule has 1 heterocycles. The van der Waals surface area contributed by atoms with Crippen LogP contribution in [0.5, 0.6) is 0 Å². The van der Waals surface area contributed by atoms with Gasteiger partial charge in [0.2, 0.25) is 0 Å². The van der Waals surface area contributed by atoms with Crippen molar-refractivity contribution in [3.8, 4) is 10.6 Å². The van der Waals surface area contributed by atoms with Gasteiger partial charge >= 0.3 is 0 Å². The van der Waals surface area contributed by atoms with E-state index < -0.39 is 6.10 Å². The van der Waals surface area contributed by atoms with Gasteiger partial charge in [0.1, 0.15) is 10.8 Å². The molecule has 1 atom stereocenters. The Hall–Kier alpha value is -1.34. The summed E-state index contributed by atoms with van der Waals surface area (Å²) in [5.74, 6) is -0.243. The van der Waals surface area contributed by atoms with Crippen LogP contribution in [0.25, 0.3) is 10.6 Å². The minimum absolute atomic E-state index is 0.243. The highest BCUT2D eigenvalue weighted by atomic mass is 32.1. The summed E-state index contributed by atoms with van der Waals surface area (Å²) in [5.41, 5.74) is 1.84. The van der Waals surface area contributed by atoms with Gasteiger partial charge in [-0.05, 0) is 38.4 Å². The molecule has 6 heteroatoms. The van der Waals surface area contributed by atoms with Crippen LogP contribution in [-0.2, 0) is 6.54 Å². The van der Waals surface area contributed by atoms with E-state index in [1.54, 1.807) is 12.1 Å². The van der Waals surface area contributed by atoms with Gasteiger partial charge in [-0.2, -0.15) is 0 Å². The third-order valence-corrected chi connectivity index (χ3v) is 3.85. The van der Waals surface area contributed by atoms with Crippen molar-refractivity contribution in [2.75, 3.05) is 27.2 Å². The molecule has 0 bridgehead atoms. The van der Waals surface area contributed by atoms with Crippen molar-refractivity contribution in [3.05, 3.63) is 41.2 Å². The van der Waals surface area contributed by atoms with Gasteiger partial charge in [0, 0.05) is 30.6 Å². The number of rotatable bonds is 7. The lowest BCUT2D eigenvalue weighted by atomic mass is 10.2. The lowest BCUT2D eigenvalue weighted by Gasteiger charge is -2.15. The molecule has 0 saturated heterocycles. The first-order valence-electron chi connectivity index (χ1n) is 6.78. The van der Waals surface area contributed by atoms with Gasteiger partial charge in [-0.3, -0.25) is 0 Å². The minimum atomic E-state index is -0.393. The average Bonchev–Trinajstić information content (AvgIpc) is 2.87. The van der Waals surface area contributed by atoms with E-state index in [0.29, 0.717) is 19.6 Å². The molecule has 0 amide bonds. The molecule has 1 aromatic carbocycles. The molecular formula is C15H20FN3OS. The largest absolute Gasteiger partial charge is 0.390 e. The van der Waals surface area contributed by atoms with Gasteiger partial charge in [0.15, 0.2) is 0 Å². The van der Waals surface area contributed by atoms with E-state index in [4.69, 9.17) is 0 Å². The Kier molecular flexibility index (Phi) is 5.81. The van der Waals surface area contributed by atoms with Crippen LogP contribution < -0.4 is 5.32 Å². The van der Waals surface area contributed by atoms with E-state index in [0.717, 1.165) is 16.3 Å². The fourth-order valence-corrected chi connectivity index (χ4v) is 2.79.